The van der Waals surface area contributed by atoms with Gasteiger partial charge in [0.15, 0.2) is 0 Å². The molecule has 9 heteroatoms. The number of anilines is 1. The van der Waals surface area contributed by atoms with Crippen molar-refractivity contribution in [2.75, 3.05) is 44.9 Å². The average molecular weight is 567 g/mol. The normalized spacial score (nSPS) is 21.7. The zero-order valence-corrected chi connectivity index (χ0v) is 25.1. The Morgan fingerprint density at radius 1 is 1.12 bits per heavy atom. The second kappa shape index (κ2) is 13.3. The number of benzene rings is 1. The predicted octanol–water partition coefficient (Wildman–Crippen LogP) is 4.33. The van der Waals surface area contributed by atoms with E-state index in [1.54, 1.807) is 13.0 Å². The molecule has 0 radical (unpaired) electrons. The Bertz CT molecular complexity index is 1260. The molecule has 224 valence electrons. The van der Waals surface area contributed by atoms with Gasteiger partial charge in [-0.05, 0) is 77.2 Å². The van der Waals surface area contributed by atoms with Gasteiger partial charge in [0.2, 0.25) is 0 Å². The van der Waals surface area contributed by atoms with Gasteiger partial charge in [0.05, 0.1) is 19.2 Å². The molecule has 1 aromatic heterocycles. The number of aromatic nitrogens is 1. The number of aromatic amines is 1. The van der Waals surface area contributed by atoms with Gasteiger partial charge in [0.25, 0.3) is 11.5 Å². The number of aryl methyl sites for hydroxylation is 1. The summed E-state index contributed by atoms with van der Waals surface area (Å²) in [6, 6.07) is 6.71. The first kappa shape index (κ1) is 29.5. The van der Waals surface area contributed by atoms with Gasteiger partial charge in [-0.25, -0.2) is 0 Å². The van der Waals surface area contributed by atoms with Gasteiger partial charge in [-0.15, -0.1) is 0 Å². The lowest BCUT2D eigenvalue weighted by Gasteiger charge is -2.44. The minimum Gasteiger partial charge on any atom is -0.496 e. The van der Waals surface area contributed by atoms with Crippen LogP contribution in [0.4, 0.5) is 5.69 Å². The van der Waals surface area contributed by atoms with Crippen LogP contribution in [0.15, 0.2) is 23.0 Å². The van der Waals surface area contributed by atoms with Crippen molar-refractivity contribution >= 4 is 11.6 Å². The summed E-state index contributed by atoms with van der Waals surface area (Å²) in [6.45, 7) is 10.7. The minimum atomic E-state index is -0.262. The van der Waals surface area contributed by atoms with E-state index < -0.39 is 0 Å². The molecule has 1 aliphatic carbocycles. The fourth-order valence-electron chi connectivity index (χ4n) is 6.61. The van der Waals surface area contributed by atoms with Crippen LogP contribution in [-0.2, 0) is 11.3 Å². The molecule has 1 aromatic carbocycles. The van der Waals surface area contributed by atoms with Gasteiger partial charge < -0.3 is 34.3 Å². The zero-order chi connectivity index (χ0) is 28.9. The van der Waals surface area contributed by atoms with Gasteiger partial charge in [-0.2, -0.15) is 0 Å². The third-order valence-corrected chi connectivity index (χ3v) is 9.04. The van der Waals surface area contributed by atoms with E-state index in [0.29, 0.717) is 34.7 Å². The summed E-state index contributed by atoms with van der Waals surface area (Å²) in [5.74, 6) is 0.958. The number of carbonyl (C=O) groups is 1. The van der Waals surface area contributed by atoms with Crippen molar-refractivity contribution in [1.82, 2.24) is 15.2 Å². The third-order valence-electron chi connectivity index (χ3n) is 9.04. The Hall–Kier alpha value is -3.04. The summed E-state index contributed by atoms with van der Waals surface area (Å²) < 4.78 is 17.6. The molecular formula is C32H46N4O5. The van der Waals surface area contributed by atoms with E-state index in [-0.39, 0.29) is 24.1 Å². The maximum absolute atomic E-state index is 13.7. The molecule has 2 N–H and O–H groups in total. The fourth-order valence-corrected chi connectivity index (χ4v) is 6.61. The monoisotopic (exact) mass is 566 g/mol. The molecule has 3 fully saturated rings. The van der Waals surface area contributed by atoms with Crippen LogP contribution in [0, 0.1) is 13.8 Å². The van der Waals surface area contributed by atoms with Gasteiger partial charge in [-0.3, -0.25) is 9.59 Å². The number of piperidine rings is 1. The quantitative estimate of drug-likeness (QED) is 0.442. The van der Waals surface area contributed by atoms with Crippen LogP contribution in [0.5, 0.6) is 11.5 Å². The predicted molar refractivity (Wildman–Crippen MR) is 160 cm³/mol. The number of carbonyl (C=O) groups excluding carboxylic acids is 1. The number of nitrogens with zero attached hydrogens (tertiary/aromatic N) is 2. The molecule has 1 saturated carbocycles. The number of H-pyrrole nitrogens is 1. The third kappa shape index (κ3) is 6.72. The zero-order valence-electron chi connectivity index (χ0n) is 25.1. The minimum absolute atomic E-state index is 0.0646. The van der Waals surface area contributed by atoms with Crippen molar-refractivity contribution in [2.24, 2.45) is 0 Å². The number of amides is 1. The molecule has 0 bridgehead atoms. The van der Waals surface area contributed by atoms with Gasteiger partial charge in [0, 0.05) is 67.7 Å². The van der Waals surface area contributed by atoms with Crippen LogP contribution in [-0.4, -0.2) is 73.9 Å². The molecule has 5 rings (SSSR count). The number of methoxy groups -OCH3 is 1. The lowest BCUT2D eigenvalue weighted by Crippen LogP contribution is -2.50. The molecule has 3 aliphatic rings. The maximum Gasteiger partial charge on any atom is 0.256 e. The number of pyridine rings is 1. The van der Waals surface area contributed by atoms with E-state index in [0.717, 1.165) is 62.4 Å². The van der Waals surface area contributed by atoms with E-state index in [1.807, 2.05) is 13.0 Å². The van der Waals surface area contributed by atoms with Crippen molar-refractivity contribution in [3.63, 3.8) is 0 Å². The molecule has 41 heavy (non-hydrogen) atoms. The first-order valence-electron chi connectivity index (χ1n) is 15.3. The Morgan fingerprint density at radius 3 is 2.54 bits per heavy atom. The average Bonchev–Trinajstić information content (AvgIpc) is 2.96. The lowest BCUT2D eigenvalue weighted by atomic mass is 9.86. The molecule has 0 atom stereocenters. The van der Waals surface area contributed by atoms with Crippen LogP contribution in [0.25, 0.3) is 0 Å². The topological polar surface area (TPSA) is 96.1 Å². The molecule has 2 saturated heterocycles. The molecular weight excluding hydrogens is 520 g/mol. The summed E-state index contributed by atoms with van der Waals surface area (Å²) in [5, 5.41) is 2.97. The van der Waals surface area contributed by atoms with Crippen molar-refractivity contribution in [3.05, 3.63) is 50.9 Å². The second-order valence-corrected chi connectivity index (χ2v) is 11.7. The van der Waals surface area contributed by atoms with Crippen LogP contribution >= 0.6 is 0 Å². The Kier molecular flexibility index (Phi) is 9.55. The smallest absolute Gasteiger partial charge is 0.256 e. The highest BCUT2D eigenvalue weighted by Gasteiger charge is 2.36. The first-order chi connectivity index (χ1) is 19.9. The van der Waals surface area contributed by atoms with E-state index in [1.165, 1.54) is 39.5 Å². The van der Waals surface area contributed by atoms with Crippen molar-refractivity contribution in [3.8, 4) is 11.5 Å². The molecule has 9 nitrogen and oxygen atoms in total. The number of nitrogens with one attached hydrogen (secondary N) is 2. The lowest BCUT2D eigenvalue weighted by molar-refractivity contribution is 0.00888. The van der Waals surface area contributed by atoms with Crippen molar-refractivity contribution in [2.45, 2.75) is 90.4 Å². The SMILES string of the molecule is CCN(c1cc(O[C@H]2C[C@H](N3CCCCC3)C2)cc(C(=O)NCc2c(OC)cc(C)[nH]c2=O)c1C)C1CCOCC1. The highest BCUT2D eigenvalue weighted by molar-refractivity contribution is 5.97. The maximum atomic E-state index is 13.7. The van der Waals surface area contributed by atoms with E-state index in [4.69, 9.17) is 14.2 Å². The van der Waals surface area contributed by atoms with Crippen LogP contribution in [0.1, 0.15) is 79.0 Å². The van der Waals surface area contributed by atoms with Gasteiger partial charge >= 0.3 is 0 Å². The van der Waals surface area contributed by atoms with Crippen LogP contribution in [0.3, 0.4) is 0 Å². The molecule has 2 aromatic rings. The second-order valence-electron chi connectivity index (χ2n) is 11.7. The molecule has 0 spiro atoms. The van der Waals surface area contributed by atoms with Crippen molar-refractivity contribution < 1.29 is 19.0 Å². The fraction of sp³-hybridized carbons (Fsp3) is 0.625. The van der Waals surface area contributed by atoms with Crippen LogP contribution < -0.4 is 25.2 Å². The molecule has 2 aliphatic heterocycles. The van der Waals surface area contributed by atoms with Gasteiger partial charge in [-0.1, -0.05) is 6.42 Å². The van der Waals surface area contributed by atoms with Crippen LogP contribution in [0.2, 0.25) is 0 Å². The standard InChI is InChI=1S/C32H46N4O5/c1-5-36(23-9-13-40-14-10-23)29-19-26(41-25-16-24(17-25)35-11-7-6-8-12-35)18-27(22(29)3)31(37)33-20-28-30(39-4)15-21(2)34-32(28)38/h15,18-19,23-25H,5-14,16-17,20H2,1-4H3,(H,33,37)(H,34,38)/t24-,25-. The number of hydrogen-bond acceptors (Lipinski definition) is 7. The largest absolute Gasteiger partial charge is 0.496 e. The van der Waals surface area contributed by atoms with E-state index in [9.17, 15) is 9.59 Å². The first-order valence-corrected chi connectivity index (χ1v) is 15.3. The van der Waals surface area contributed by atoms with E-state index >= 15 is 0 Å². The summed E-state index contributed by atoms with van der Waals surface area (Å²) in [4.78, 5) is 34.1. The Morgan fingerprint density at radius 2 is 1.85 bits per heavy atom. The van der Waals surface area contributed by atoms with Gasteiger partial charge in [0.1, 0.15) is 17.6 Å². The summed E-state index contributed by atoms with van der Waals surface area (Å²) >= 11 is 0. The Labute approximate surface area is 243 Å². The highest BCUT2D eigenvalue weighted by atomic mass is 16.5. The number of rotatable bonds is 10. The highest BCUT2D eigenvalue weighted by Crippen LogP contribution is 2.36. The van der Waals surface area contributed by atoms with Crippen molar-refractivity contribution in [1.29, 1.82) is 0 Å². The number of ether oxygens (including phenoxy) is 3. The molecule has 0 unspecified atom stereocenters. The molecule has 3 heterocycles. The summed E-state index contributed by atoms with van der Waals surface area (Å²) in [5.41, 5.74) is 3.34. The summed E-state index contributed by atoms with van der Waals surface area (Å²) in [6.07, 6.45) is 8.04. The Balaban J connectivity index is 1.38. The number of hydrogen-bond donors (Lipinski definition) is 2. The summed E-state index contributed by atoms with van der Waals surface area (Å²) in [7, 11) is 1.53. The number of likely N-dealkylation sites (tertiary alicyclic amines) is 1. The molecule has 1 amide bonds. The van der Waals surface area contributed by atoms with E-state index in [2.05, 4.69) is 33.1 Å².